The number of aromatic amines is 1. The molecule has 2 heterocycles. The molecule has 7 nitrogen and oxygen atoms in total. The number of nitrogens with one attached hydrogen (secondary N) is 2. The summed E-state index contributed by atoms with van der Waals surface area (Å²) in [5.41, 5.74) is 1.05. The Kier molecular flexibility index (Phi) is 4.71. The summed E-state index contributed by atoms with van der Waals surface area (Å²) in [6.45, 7) is 1.30. The fourth-order valence-corrected chi connectivity index (χ4v) is 2.68. The van der Waals surface area contributed by atoms with E-state index in [-0.39, 0.29) is 12.5 Å². The zero-order valence-corrected chi connectivity index (χ0v) is 14.7. The van der Waals surface area contributed by atoms with Crippen molar-refractivity contribution in [3.63, 3.8) is 0 Å². The Morgan fingerprint density at radius 1 is 1.28 bits per heavy atom. The molecule has 0 aliphatic rings. The number of rotatable bonds is 4. The molecule has 128 valence electrons. The number of aromatic nitrogens is 1. The third-order valence-electron chi connectivity index (χ3n) is 3.38. The van der Waals surface area contributed by atoms with Gasteiger partial charge in [-0.25, -0.2) is 9.59 Å². The van der Waals surface area contributed by atoms with Crippen molar-refractivity contribution in [2.24, 2.45) is 0 Å². The lowest BCUT2D eigenvalue weighted by Crippen LogP contribution is -2.09. The molecule has 25 heavy (non-hydrogen) atoms. The van der Waals surface area contributed by atoms with Crippen LogP contribution >= 0.6 is 15.9 Å². The molecule has 0 radical (unpaired) electrons. The number of anilines is 1. The number of amides is 1. The minimum Gasteiger partial charge on any atom is -0.456 e. The van der Waals surface area contributed by atoms with Crippen molar-refractivity contribution in [3.8, 4) is 0 Å². The highest BCUT2D eigenvalue weighted by Gasteiger charge is 2.12. The molecule has 2 aromatic heterocycles. The lowest BCUT2D eigenvalue weighted by molar-refractivity contribution is -0.114. The van der Waals surface area contributed by atoms with E-state index in [2.05, 4.69) is 26.2 Å². The standard InChI is InChI=1S/C17H13BrN2O5/c1-9(21)20-12-2-3-13-10(4-16(22)25-15(13)6-12)8-24-17(23)14-5-11(18)7-19-14/h2-7,19H,8H2,1H3,(H,20,21). The second kappa shape index (κ2) is 6.94. The molecular formula is C17H13BrN2O5. The van der Waals surface area contributed by atoms with Gasteiger partial charge in [-0.3, -0.25) is 4.79 Å². The Labute approximate surface area is 150 Å². The number of carbonyl (C=O) groups excluding carboxylic acids is 2. The molecule has 0 aliphatic carbocycles. The number of fused-ring (bicyclic) bond motifs is 1. The van der Waals surface area contributed by atoms with Gasteiger partial charge in [0.05, 0.1) is 0 Å². The van der Waals surface area contributed by atoms with Gasteiger partial charge in [-0.15, -0.1) is 0 Å². The van der Waals surface area contributed by atoms with Crippen molar-refractivity contribution < 1.29 is 18.7 Å². The average molecular weight is 405 g/mol. The van der Waals surface area contributed by atoms with Gasteiger partial charge in [0.15, 0.2) is 0 Å². The first-order chi connectivity index (χ1) is 11.9. The molecule has 0 fully saturated rings. The largest absolute Gasteiger partial charge is 0.456 e. The maximum Gasteiger partial charge on any atom is 0.355 e. The third-order valence-corrected chi connectivity index (χ3v) is 3.83. The van der Waals surface area contributed by atoms with Crippen LogP contribution in [0.3, 0.4) is 0 Å². The Balaban J connectivity index is 1.86. The van der Waals surface area contributed by atoms with Gasteiger partial charge in [-0.05, 0) is 34.1 Å². The van der Waals surface area contributed by atoms with E-state index >= 15 is 0 Å². The van der Waals surface area contributed by atoms with Crippen molar-refractivity contribution >= 4 is 44.5 Å². The second-order valence-electron chi connectivity index (χ2n) is 5.29. The quantitative estimate of drug-likeness (QED) is 0.513. The van der Waals surface area contributed by atoms with Crippen molar-refractivity contribution in [3.05, 3.63) is 62.7 Å². The van der Waals surface area contributed by atoms with Crippen molar-refractivity contribution in [1.82, 2.24) is 4.98 Å². The predicted octanol–water partition coefficient (Wildman–Crippen LogP) is 3.20. The van der Waals surface area contributed by atoms with E-state index in [1.54, 1.807) is 30.5 Å². The van der Waals surface area contributed by atoms with E-state index in [1.165, 1.54) is 13.0 Å². The highest BCUT2D eigenvalue weighted by molar-refractivity contribution is 9.10. The number of H-pyrrole nitrogens is 1. The van der Waals surface area contributed by atoms with Crippen LogP contribution in [0, 0.1) is 0 Å². The SMILES string of the molecule is CC(=O)Nc1ccc2c(COC(=O)c3cc(Br)c[nH]3)cc(=O)oc2c1. The second-order valence-corrected chi connectivity index (χ2v) is 6.21. The molecular weight excluding hydrogens is 392 g/mol. The minimum absolute atomic E-state index is 0.0863. The number of hydrogen-bond donors (Lipinski definition) is 2. The van der Waals surface area contributed by atoms with Crippen LogP contribution in [0.25, 0.3) is 11.0 Å². The molecule has 0 saturated carbocycles. The van der Waals surface area contributed by atoms with Crippen LogP contribution in [0.2, 0.25) is 0 Å². The molecule has 8 heteroatoms. The normalized spacial score (nSPS) is 10.6. The fraction of sp³-hybridized carbons (Fsp3) is 0.118. The molecule has 0 bridgehead atoms. The van der Waals surface area contributed by atoms with Gasteiger partial charge in [0.25, 0.3) is 0 Å². The fourth-order valence-electron chi connectivity index (χ4n) is 2.34. The van der Waals surface area contributed by atoms with Crippen LogP contribution in [0.5, 0.6) is 0 Å². The first-order valence-corrected chi connectivity index (χ1v) is 8.07. The highest BCUT2D eigenvalue weighted by Crippen LogP contribution is 2.22. The Bertz CT molecular complexity index is 1020. The zero-order valence-electron chi connectivity index (χ0n) is 13.1. The zero-order chi connectivity index (χ0) is 18.0. The summed E-state index contributed by atoms with van der Waals surface area (Å²) >= 11 is 3.24. The van der Waals surface area contributed by atoms with Gasteiger partial charge < -0.3 is 19.5 Å². The number of hydrogen-bond acceptors (Lipinski definition) is 5. The van der Waals surface area contributed by atoms with E-state index in [4.69, 9.17) is 9.15 Å². The maximum atomic E-state index is 12.0. The highest BCUT2D eigenvalue weighted by atomic mass is 79.9. The molecule has 2 N–H and O–H groups in total. The molecule has 0 aliphatic heterocycles. The van der Waals surface area contributed by atoms with Crippen LogP contribution in [0.15, 0.2) is 50.2 Å². The third kappa shape index (κ3) is 3.97. The summed E-state index contributed by atoms with van der Waals surface area (Å²) < 4.78 is 11.1. The Morgan fingerprint density at radius 3 is 2.76 bits per heavy atom. The van der Waals surface area contributed by atoms with E-state index in [9.17, 15) is 14.4 Å². The maximum absolute atomic E-state index is 12.0. The van der Waals surface area contributed by atoms with E-state index in [1.807, 2.05) is 0 Å². The number of carbonyl (C=O) groups is 2. The van der Waals surface area contributed by atoms with Crippen molar-refractivity contribution in [1.29, 1.82) is 0 Å². The van der Waals surface area contributed by atoms with Gasteiger partial charge in [0.1, 0.15) is 17.9 Å². The average Bonchev–Trinajstić information content (AvgIpc) is 2.97. The van der Waals surface area contributed by atoms with E-state index in [0.29, 0.717) is 27.9 Å². The van der Waals surface area contributed by atoms with E-state index < -0.39 is 11.6 Å². The number of esters is 1. The van der Waals surface area contributed by atoms with Gasteiger partial charge in [-0.2, -0.15) is 0 Å². The first kappa shape index (κ1) is 17.0. The summed E-state index contributed by atoms with van der Waals surface area (Å²) in [6.07, 6.45) is 1.62. The molecule has 3 aromatic rings. The summed E-state index contributed by atoms with van der Waals surface area (Å²) in [7, 11) is 0. The topological polar surface area (TPSA) is 101 Å². The Morgan fingerprint density at radius 2 is 2.08 bits per heavy atom. The summed E-state index contributed by atoms with van der Waals surface area (Å²) in [6, 6.07) is 7.79. The Hall–Kier alpha value is -2.87. The first-order valence-electron chi connectivity index (χ1n) is 7.28. The van der Waals surface area contributed by atoms with Gasteiger partial charge in [0.2, 0.25) is 5.91 Å². The molecule has 0 saturated heterocycles. The molecule has 0 spiro atoms. The van der Waals surface area contributed by atoms with E-state index in [0.717, 1.165) is 4.47 Å². The molecule has 0 unspecified atom stereocenters. The predicted molar refractivity (Wildman–Crippen MR) is 94.4 cm³/mol. The molecule has 1 amide bonds. The number of ether oxygens (including phenoxy) is 1. The number of benzene rings is 1. The number of halogens is 1. The smallest absolute Gasteiger partial charge is 0.355 e. The van der Waals surface area contributed by atoms with Crippen LogP contribution in [-0.2, 0) is 16.1 Å². The monoisotopic (exact) mass is 404 g/mol. The van der Waals surface area contributed by atoms with Crippen LogP contribution in [0.4, 0.5) is 5.69 Å². The van der Waals surface area contributed by atoms with Gasteiger partial charge >= 0.3 is 11.6 Å². The lowest BCUT2D eigenvalue weighted by Gasteiger charge is -2.08. The van der Waals surface area contributed by atoms with Crippen LogP contribution < -0.4 is 10.9 Å². The summed E-state index contributed by atoms with van der Waals surface area (Å²) in [5.74, 6) is -0.772. The summed E-state index contributed by atoms with van der Waals surface area (Å²) in [5, 5.41) is 3.23. The lowest BCUT2D eigenvalue weighted by atomic mass is 10.1. The molecule has 1 aromatic carbocycles. The van der Waals surface area contributed by atoms with Gasteiger partial charge in [-0.1, -0.05) is 0 Å². The summed E-state index contributed by atoms with van der Waals surface area (Å²) in [4.78, 5) is 37.7. The van der Waals surface area contributed by atoms with Crippen molar-refractivity contribution in [2.75, 3.05) is 5.32 Å². The molecule has 3 rings (SSSR count). The van der Waals surface area contributed by atoms with Crippen LogP contribution in [0.1, 0.15) is 23.0 Å². The molecule has 0 atom stereocenters. The van der Waals surface area contributed by atoms with Crippen LogP contribution in [-0.4, -0.2) is 16.9 Å². The van der Waals surface area contributed by atoms with Crippen molar-refractivity contribution in [2.45, 2.75) is 13.5 Å². The minimum atomic E-state index is -0.568. The van der Waals surface area contributed by atoms with Gasteiger partial charge in [0, 0.05) is 46.4 Å².